The molecule has 1 aliphatic rings. The second-order valence-corrected chi connectivity index (χ2v) is 9.76. The van der Waals surface area contributed by atoms with E-state index in [2.05, 4.69) is 17.0 Å². The molecule has 28 heavy (non-hydrogen) atoms. The molecular formula is C18H28Cl2N4O3S. The van der Waals surface area contributed by atoms with E-state index in [0.717, 1.165) is 12.8 Å². The molecule has 0 saturated carbocycles. The Kier molecular flexibility index (Phi) is 8.39. The number of anilines is 1. The lowest BCUT2D eigenvalue weighted by Gasteiger charge is -2.33. The molecule has 0 aliphatic carbocycles. The summed E-state index contributed by atoms with van der Waals surface area (Å²) in [6.07, 6.45) is 2.89. The van der Waals surface area contributed by atoms with E-state index in [1.54, 1.807) is 4.90 Å². The highest BCUT2D eigenvalue weighted by Gasteiger charge is 2.31. The highest BCUT2D eigenvalue weighted by molar-refractivity contribution is 7.89. The van der Waals surface area contributed by atoms with E-state index in [0.29, 0.717) is 38.4 Å². The molecule has 0 radical (unpaired) electrons. The van der Waals surface area contributed by atoms with Gasteiger partial charge >= 0.3 is 0 Å². The van der Waals surface area contributed by atoms with Crippen LogP contribution >= 0.6 is 23.2 Å². The van der Waals surface area contributed by atoms with Crippen LogP contribution in [0.4, 0.5) is 5.69 Å². The summed E-state index contributed by atoms with van der Waals surface area (Å²) in [6.45, 7) is 4.12. The number of carbonyl (C=O) groups is 1. The van der Waals surface area contributed by atoms with Gasteiger partial charge in [0.1, 0.15) is 6.04 Å². The second kappa shape index (κ2) is 10.1. The molecule has 1 atom stereocenters. The maximum Gasteiger partial charge on any atom is 0.241 e. The molecule has 1 saturated heterocycles. The maximum atomic E-state index is 13.0. The average Bonchev–Trinajstić information content (AvgIpc) is 2.65. The van der Waals surface area contributed by atoms with Crippen LogP contribution in [-0.4, -0.2) is 51.9 Å². The number of nitrogens with zero attached hydrogens (tertiary/aromatic N) is 1. The van der Waals surface area contributed by atoms with Gasteiger partial charge in [-0.15, -0.1) is 0 Å². The van der Waals surface area contributed by atoms with Crippen molar-refractivity contribution in [1.29, 1.82) is 0 Å². The van der Waals surface area contributed by atoms with Gasteiger partial charge in [-0.05, 0) is 57.3 Å². The first kappa shape index (κ1) is 23.2. The van der Waals surface area contributed by atoms with Gasteiger partial charge in [0.25, 0.3) is 0 Å². The molecule has 0 aromatic heterocycles. The molecule has 1 aromatic carbocycles. The average molecular weight is 451 g/mol. The molecule has 1 heterocycles. The van der Waals surface area contributed by atoms with Gasteiger partial charge in [-0.1, -0.05) is 30.1 Å². The van der Waals surface area contributed by atoms with Gasteiger partial charge < -0.3 is 16.0 Å². The number of nitrogens with one attached hydrogen (secondary N) is 2. The fourth-order valence-corrected chi connectivity index (χ4v) is 5.03. The third-order valence-electron chi connectivity index (χ3n) is 4.97. The van der Waals surface area contributed by atoms with E-state index in [1.165, 1.54) is 12.1 Å². The topological polar surface area (TPSA) is 105 Å². The number of halogens is 2. The first-order chi connectivity index (χ1) is 13.2. The normalized spacial score (nSPS) is 16.9. The molecule has 0 bridgehead atoms. The van der Waals surface area contributed by atoms with E-state index < -0.39 is 16.1 Å². The molecule has 7 nitrogen and oxygen atoms in total. The number of nitrogens with two attached hydrogens (primary N) is 1. The number of sulfonamides is 1. The summed E-state index contributed by atoms with van der Waals surface area (Å²) in [4.78, 5) is 14.6. The maximum absolute atomic E-state index is 13.0. The van der Waals surface area contributed by atoms with Crippen LogP contribution in [0.25, 0.3) is 0 Å². The summed E-state index contributed by atoms with van der Waals surface area (Å²) in [5.41, 5.74) is 5.80. The number of likely N-dealkylation sites (tertiary alicyclic amines) is 1. The molecule has 4 N–H and O–H groups in total. The zero-order valence-electron chi connectivity index (χ0n) is 16.2. The van der Waals surface area contributed by atoms with Crippen LogP contribution < -0.4 is 15.8 Å². The Morgan fingerprint density at radius 2 is 1.86 bits per heavy atom. The number of hydrogen-bond acceptors (Lipinski definition) is 5. The first-order valence-electron chi connectivity index (χ1n) is 9.36. The molecule has 158 valence electrons. The Bertz CT molecular complexity index is 773. The summed E-state index contributed by atoms with van der Waals surface area (Å²) in [5.74, 6) is 0.377. The number of benzene rings is 1. The largest absolute Gasteiger partial charge is 0.396 e. The molecule has 0 unspecified atom stereocenters. The zero-order valence-corrected chi connectivity index (χ0v) is 18.5. The van der Waals surface area contributed by atoms with Crippen LogP contribution in [0, 0.1) is 5.92 Å². The van der Waals surface area contributed by atoms with Crippen LogP contribution in [0.5, 0.6) is 0 Å². The van der Waals surface area contributed by atoms with E-state index in [4.69, 9.17) is 28.9 Å². The van der Waals surface area contributed by atoms with Crippen molar-refractivity contribution in [2.24, 2.45) is 5.92 Å². The Hall–Kier alpha value is -1.06. The van der Waals surface area contributed by atoms with Crippen molar-refractivity contribution in [2.45, 2.75) is 43.5 Å². The molecule has 1 aromatic rings. The lowest BCUT2D eigenvalue weighted by Crippen LogP contribution is -2.50. The summed E-state index contributed by atoms with van der Waals surface area (Å²) in [7, 11) is -2.18. The van der Waals surface area contributed by atoms with Crippen LogP contribution in [0.2, 0.25) is 10.0 Å². The van der Waals surface area contributed by atoms with Gasteiger partial charge in [0.15, 0.2) is 0 Å². The third-order valence-corrected chi connectivity index (χ3v) is 7.05. The SMILES string of the molecule is CNCCC[C@H](NS(=O)(=O)c1cc(Cl)c(N)c(Cl)c1)C(=O)N1CCC(C)CC1. The van der Waals surface area contributed by atoms with Gasteiger partial charge in [-0.3, -0.25) is 4.79 Å². The van der Waals surface area contributed by atoms with E-state index in [1.807, 2.05) is 7.05 Å². The first-order valence-corrected chi connectivity index (χ1v) is 11.6. The van der Waals surface area contributed by atoms with E-state index >= 15 is 0 Å². The predicted octanol–water partition coefficient (Wildman–Crippen LogP) is 2.48. The molecule has 2 rings (SSSR count). The van der Waals surface area contributed by atoms with Crippen molar-refractivity contribution in [3.63, 3.8) is 0 Å². The van der Waals surface area contributed by atoms with Gasteiger partial charge in [-0.2, -0.15) is 4.72 Å². The van der Waals surface area contributed by atoms with Crippen molar-refractivity contribution in [3.8, 4) is 0 Å². The van der Waals surface area contributed by atoms with E-state index in [9.17, 15) is 13.2 Å². The van der Waals surface area contributed by atoms with Crippen molar-refractivity contribution < 1.29 is 13.2 Å². The number of piperidine rings is 1. The van der Waals surface area contributed by atoms with Crippen LogP contribution in [-0.2, 0) is 14.8 Å². The monoisotopic (exact) mass is 450 g/mol. The molecular weight excluding hydrogens is 423 g/mol. The minimum Gasteiger partial charge on any atom is -0.396 e. The molecule has 0 spiro atoms. The number of nitrogen functional groups attached to an aromatic ring is 1. The predicted molar refractivity (Wildman–Crippen MR) is 113 cm³/mol. The Morgan fingerprint density at radius 3 is 2.39 bits per heavy atom. The third kappa shape index (κ3) is 5.97. The van der Waals surface area contributed by atoms with Crippen molar-refractivity contribution in [2.75, 3.05) is 32.4 Å². The molecule has 1 fully saturated rings. The van der Waals surface area contributed by atoms with Crippen LogP contribution in [0.1, 0.15) is 32.6 Å². The highest BCUT2D eigenvalue weighted by Crippen LogP contribution is 2.31. The van der Waals surface area contributed by atoms with Gasteiger partial charge in [-0.25, -0.2) is 8.42 Å². The fraction of sp³-hybridized carbons (Fsp3) is 0.611. The quantitative estimate of drug-likeness (QED) is 0.416. The minimum absolute atomic E-state index is 0.0518. The number of hydrogen-bond donors (Lipinski definition) is 3. The van der Waals surface area contributed by atoms with Crippen LogP contribution in [0.15, 0.2) is 17.0 Å². The van der Waals surface area contributed by atoms with Gasteiger partial charge in [0.05, 0.1) is 20.6 Å². The number of rotatable bonds is 8. The Morgan fingerprint density at radius 1 is 1.29 bits per heavy atom. The Balaban J connectivity index is 2.21. The summed E-state index contributed by atoms with van der Waals surface area (Å²) in [6, 6.07) is 1.63. The number of carbonyl (C=O) groups excluding carboxylic acids is 1. The summed E-state index contributed by atoms with van der Waals surface area (Å²) in [5, 5.41) is 3.12. The van der Waals surface area contributed by atoms with Crippen molar-refractivity contribution in [1.82, 2.24) is 14.9 Å². The molecule has 10 heteroatoms. The van der Waals surface area contributed by atoms with Crippen molar-refractivity contribution >= 4 is 44.8 Å². The second-order valence-electron chi connectivity index (χ2n) is 7.23. The van der Waals surface area contributed by atoms with Crippen molar-refractivity contribution in [3.05, 3.63) is 22.2 Å². The van der Waals surface area contributed by atoms with Crippen LogP contribution in [0.3, 0.4) is 0 Å². The molecule has 1 aliphatic heterocycles. The fourth-order valence-electron chi connectivity index (χ4n) is 3.14. The Labute approximate surface area is 177 Å². The lowest BCUT2D eigenvalue weighted by molar-refractivity contribution is -0.134. The zero-order chi connectivity index (χ0) is 20.9. The molecule has 1 amide bonds. The highest BCUT2D eigenvalue weighted by atomic mass is 35.5. The van der Waals surface area contributed by atoms with Gasteiger partial charge in [0, 0.05) is 13.1 Å². The smallest absolute Gasteiger partial charge is 0.241 e. The van der Waals surface area contributed by atoms with Gasteiger partial charge in [0.2, 0.25) is 15.9 Å². The minimum atomic E-state index is -4.00. The lowest BCUT2D eigenvalue weighted by atomic mass is 9.98. The standard InChI is InChI=1S/C18H28Cl2N4O3S/c1-12-5-8-24(9-6-12)18(25)16(4-3-7-22-2)23-28(26,27)13-10-14(19)17(21)15(20)11-13/h10-12,16,22-23H,3-9,21H2,1-2H3/t16-/m0/s1. The summed E-state index contributed by atoms with van der Waals surface area (Å²) >= 11 is 12.0. The summed E-state index contributed by atoms with van der Waals surface area (Å²) < 4.78 is 28.3. The number of amides is 1. The van der Waals surface area contributed by atoms with E-state index in [-0.39, 0.29) is 26.5 Å².